The molecule has 142 valence electrons. The normalized spacial score (nSPS) is 54.9. The van der Waals surface area contributed by atoms with Crippen LogP contribution in [0.5, 0.6) is 0 Å². The molecule has 3 aliphatic carbocycles. The molecule has 0 bridgehead atoms. The fourth-order valence-electron chi connectivity index (χ4n) is 8.68. The van der Waals surface area contributed by atoms with E-state index in [2.05, 4.69) is 17.9 Å². The minimum Gasteiger partial charge on any atom is -0.368 e. The van der Waals surface area contributed by atoms with E-state index in [0.717, 1.165) is 19.4 Å². The van der Waals surface area contributed by atoms with Crippen molar-refractivity contribution in [3.8, 4) is 0 Å². The predicted octanol–water partition coefficient (Wildman–Crippen LogP) is 3.10. The highest BCUT2D eigenvalue weighted by molar-refractivity contribution is 5.79. The van der Waals surface area contributed by atoms with E-state index in [-0.39, 0.29) is 16.7 Å². The van der Waals surface area contributed by atoms with Crippen LogP contribution in [-0.2, 0) is 9.53 Å². The number of piperidine rings is 1. The van der Waals surface area contributed by atoms with Crippen molar-refractivity contribution in [2.75, 3.05) is 13.2 Å². The van der Waals surface area contributed by atoms with Crippen LogP contribution >= 0.6 is 0 Å². The Morgan fingerprint density at radius 3 is 3.00 bits per heavy atom. The van der Waals surface area contributed by atoms with Crippen LogP contribution in [0.4, 0.5) is 0 Å². The second kappa shape index (κ2) is 5.14. The molecule has 0 radical (unpaired) electrons. The molecule has 3 aliphatic heterocycles. The van der Waals surface area contributed by atoms with Crippen LogP contribution in [-0.4, -0.2) is 41.4 Å². The monoisotopic (exact) mass is 357 g/mol. The van der Waals surface area contributed by atoms with Crippen molar-refractivity contribution >= 4 is 5.91 Å². The Labute approximate surface area is 156 Å². The SMILES string of the molecule is C[C@@H]1CN2C(=O)CC[C@@]34C5=CCC[C@@H]5CC[C@@H]5[C@H](O)OC[C@]53CC[C@H]1[C@H]24. The van der Waals surface area contributed by atoms with E-state index in [1.165, 1.54) is 32.1 Å². The zero-order valence-electron chi connectivity index (χ0n) is 15.8. The van der Waals surface area contributed by atoms with Crippen LogP contribution in [0.3, 0.4) is 0 Å². The van der Waals surface area contributed by atoms with Gasteiger partial charge in [-0.15, -0.1) is 0 Å². The van der Waals surface area contributed by atoms with Gasteiger partial charge in [0.2, 0.25) is 5.91 Å². The summed E-state index contributed by atoms with van der Waals surface area (Å²) in [6, 6.07) is 0.355. The van der Waals surface area contributed by atoms with E-state index in [9.17, 15) is 9.90 Å². The zero-order chi connectivity index (χ0) is 17.7. The molecule has 1 amide bonds. The molecule has 5 fully saturated rings. The molecule has 3 saturated heterocycles. The largest absolute Gasteiger partial charge is 0.368 e. The molecule has 1 N–H and O–H groups in total. The Bertz CT molecular complexity index is 689. The maximum absolute atomic E-state index is 12.9. The van der Waals surface area contributed by atoms with E-state index < -0.39 is 6.29 Å². The molecule has 0 aromatic heterocycles. The average molecular weight is 357 g/mol. The lowest BCUT2D eigenvalue weighted by atomic mass is 9.43. The molecule has 0 unspecified atom stereocenters. The Kier molecular flexibility index (Phi) is 3.18. The maximum atomic E-state index is 12.9. The third kappa shape index (κ3) is 1.64. The summed E-state index contributed by atoms with van der Waals surface area (Å²) in [5, 5.41) is 10.8. The topological polar surface area (TPSA) is 49.8 Å². The van der Waals surface area contributed by atoms with Gasteiger partial charge in [0.25, 0.3) is 0 Å². The average Bonchev–Trinajstić information content (AvgIpc) is 3.29. The lowest BCUT2D eigenvalue weighted by Gasteiger charge is -2.63. The number of rotatable bonds is 0. The van der Waals surface area contributed by atoms with E-state index in [0.29, 0.717) is 42.7 Å². The van der Waals surface area contributed by atoms with E-state index in [1.807, 2.05) is 0 Å². The van der Waals surface area contributed by atoms with Crippen molar-refractivity contribution in [1.82, 2.24) is 4.90 Å². The first kappa shape index (κ1) is 16.1. The van der Waals surface area contributed by atoms with Crippen LogP contribution in [0, 0.1) is 34.5 Å². The van der Waals surface area contributed by atoms with Gasteiger partial charge in [-0.2, -0.15) is 0 Å². The zero-order valence-corrected chi connectivity index (χ0v) is 15.8. The maximum Gasteiger partial charge on any atom is 0.222 e. The number of allylic oxidation sites excluding steroid dienone is 1. The van der Waals surface area contributed by atoms with Gasteiger partial charge in [0, 0.05) is 35.8 Å². The quantitative estimate of drug-likeness (QED) is 0.678. The van der Waals surface area contributed by atoms with Gasteiger partial charge in [0.1, 0.15) is 0 Å². The number of carbonyl (C=O) groups excluding carboxylic acids is 1. The van der Waals surface area contributed by atoms with E-state index in [1.54, 1.807) is 5.57 Å². The smallest absolute Gasteiger partial charge is 0.222 e. The highest BCUT2D eigenvalue weighted by Crippen LogP contribution is 2.73. The first-order valence-electron chi connectivity index (χ1n) is 10.9. The van der Waals surface area contributed by atoms with Gasteiger partial charge in [-0.25, -0.2) is 0 Å². The molecule has 26 heavy (non-hydrogen) atoms. The van der Waals surface area contributed by atoms with Crippen LogP contribution in [0.1, 0.15) is 58.3 Å². The summed E-state index contributed by atoms with van der Waals surface area (Å²) in [5.41, 5.74) is 1.79. The number of fused-ring (bicyclic) bond motifs is 1. The van der Waals surface area contributed by atoms with Crippen LogP contribution in [0.15, 0.2) is 11.6 Å². The molecule has 4 heteroatoms. The summed E-state index contributed by atoms with van der Waals surface area (Å²) >= 11 is 0. The number of hydrogen-bond acceptors (Lipinski definition) is 3. The first-order valence-corrected chi connectivity index (χ1v) is 10.9. The Morgan fingerprint density at radius 1 is 1.23 bits per heavy atom. The van der Waals surface area contributed by atoms with Crippen LogP contribution in [0.2, 0.25) is 0 Å². The summed E-state index contributed by atoms with van der Waals surface area (Å²) in [4.78, 5) is 15.2. The summed E-state index contributed by atoms with van der Waals surface area (Å²) in [7, 11) is 0. The third-order valence-corrected chi connectivity index (χ3v) is 9.55. The first-order chi connectivity index (χ1) is 12.6. The second-order valence-corrected chi connectivity index (χ2v) is 10.1. The minimum absolute atomic E-state index is 0.0432. The standard InChI is InChI=1S/C22H31NO3/c1-13-11-23-18(24)8-10-22-16-4-2-3-14(16)5-6-17-20(25)26-12-21(17,22)9-7-15(13)19(22)23/h4,13-15,17,19-20,25H,2-3,5-12H2,1H3/t13-,14-,15-,17-,19+,20-,21-,22+/m1/s1. The summed E-state index contributed by atoms with van der Waals surface area (Å²) in [6.45, 7) is 4.00. The van der Waals surface area contributed by atoms with Gasteiger partial charge in [-0.3, -0.25) is 4.79 Å². The minimum atomic E-state index is -0.604. The summed E-state index contributed by atoms with van der Waals surface area (Å²) < 4.78 is 5.98. The van der Waals surface area contributed by atoms with Crippen molar-refractivity contribution in [2.24, 2.45) is 34.5 Å². The molecule has 2 spiro atoms. The lowest BCUT2D eigenvalue weighted by molar-refractivity contribution is -0.157. The molecule has 2 saturated carbocycles. The van der Waals surface area contributed by atoms with Crippen molar-refractivity contribution in [3.63, 3.8) is 0 Å². The predicted molar refractivity (Wildman–Crippen MR) is 97.0 cm³/mol. The Balaban J connectivity index is 1.60. The molecule has 0 aromatic carbocycles. The fourth-order valence-corrected chi connectivity index (χ4v) is 8.68. The molecule has 6 rings (SSSR count). The number of aliphatic hydroxyl groups is 1. The van der Waals surface area contributed by atoms with Gasteiger partial charge in [-0.05, 0) is 62.7 Å². The number of amides is 1. The van der Waals surface area contributed by atoms with Crippen LogP contribution < -0.4 is 0 Å². The Morgan fingerprint density at radius 2 is 2.12 bits per heavy atom. The van der Waals surface area contributed by atoms with Gasteiger partial charge in [0.05, 0.1) is 6.61 Å². The van der Waals surface area contributed by atoms with Crippen molar-refractivity contribution in [2.45, 2.75) is 70.6 Å². The third-order valence-electron chi connectivity index (χ3n) is 9.55. The van der Waals surface area contributed by atoms with Crippen molar-refractivity contribution < 1.29 is 14.6 Å². The number of nitrogens with zero attached hydrogens (tertiary/aromatic N) is 1. The number of hydrogen-bond donors (Lipinski definition) is 1. The molecule has 6 aliphatic rings. The van der Waals surface area contributed by atoms with Gasteiger partial charge >= 0.3 is 0 Å². The van der Waals surface area contributed by atoms with Crippen molar-refractivity contribution in [1.29, 1.82) is 0 Å². The van der Waals surface area contributed by atoms with Crippen LogP contribution in [0.25, 0.3) is 0 Å². The fraction of sp³-hybridized carbons (Fsp3) is 0.864. The molecule has 3 heterocycles. The summed E-state index contributed by atoms with van der Waals surface area (Å²) in [6.07, 6.45) is 10.8. The second-order valence-electron chi connectivity index (χ2n) is 10.1. The highest BCUT2D eigenvalue weighted by atomic mass is 16.6. The Hall–Kier alpha value is -0.870. The van der Waals surface area contributed by atoms with Gasteiger partial charge in [0.15, 0.2) is 6.29 Å². The lowest BCUT2D eigenvalue weighted by Crippen LogP contribution is -2.66. The number of ether oxygens (including phenoxy) is 1. The van der Waals surface area contributed by atoms with Gasteiger partial charge in [-0.1, -0.05) is 18.6 Å². The molecular formula is C22H31NO3. The summed E-state index contributed by atoms with van der Waals surface area (Å²) in [5.74, 6) is 2.53. The molecule has 8 atom stereocenters. The molecule has 0 aromatic rings. The van der Waals surface area contributed by atoms with Gasteiger partial charge < -0.3 is 14.7 Å². The van der Waals surface area contributed by atoms with E-state index >= 15 is 0 Å². The number of aliphatic hydroxyl groups excluding tert-OH is 1. The van der Waals surface area contributed by atoms with Crippen molar-refractivity contribution in [3.05, 3.63) is 11.6 Å². The van der Waals surface area contributed by atoms with E-state index in [4.69, 9.17) is 4.74 Å². The molecular weight excluding hydrogens is 326 g/mol. The highest BCUT2D eigenvalue weighted by Gasteiger charge is 2.73. The molecule has 4 nitrogen and oxygen atoms in total. The number of carbonyl (C=O) groups is 1.